The fourth-order valence-corrected chi connectivity index (χ4v) is 4.08. The third kappa shape index (κ3) is 2.00. The van der Waals surface area contributed by atoms with Crippen molar-refractivity contribution < 1.29 is 14.3 Å². The summed E-state index contributed by atoms with van der Waals surface area (Å²) in [5.74, 6) is -0.645. The quantitative estimate of drug-likeness (QED) is 0.836. The summed E-state index contributed by atoms with van der Waals surface area (Å²) in [5, 5.41) is 3.77. The first kappa shape index (κ1) is 13.2. The van der Waals surface area contributed by atoms with Gasteiger partial charge in [-0.25, -0.2) is 4.79 Å². The fraction of sp³-hybridized carbons (Fsp3) is 0.429. The van der Waals surface area contributed by atoms with Crippen LogP contribution in [-0.4, -0.2) is 24.0 Å². The molecule has 3 rings (SSSR count). The Balaban J connectivity index is 2.23. The van der Waals surface area contributed by atoms with E-state index < -0.39 is 5.97 Å². The van der Waals surface area contributed by atoms with E-state index in [0.717, 1.165) is 29.5 Å². The van der Waals surface area contributed by atoms with Crippen LogP contribution in [0, 0.1) is 0 Å². The topological polar surface area (TPSA) is 71.2 Å². The highest BCUT2D eigenvalue weighted by atomic mass is 32.1. The molecular formula is C14H16N2O3S. The lowest BCUT2D eigenvalue weighted by Gasteiger charge is -2.12. The van der Waals surface area contributed by atoms with Gasteiger partial charge in [-0.1, -0.05) is 0 Å². The molecule has 0 aliphatic heterocycles. The Morgan fingerprint density at radius 3 is 2.75 bits per heavy atom. The molecule has 0 radical (unpaired) electrons. The molecule has 2 aromatic rings. The number of thiophene rings is 1. The molecule has 0 fully saturated rings. The van der Waals surface area contributed by atoms with Gasteiger partial charge >= 0.3 is 5.97 Å². The van der Waals surface area contributed by atoms with Gasteiger partial charge in [0.05, 0.1) is 12.8 Å². The molecule has 1 aliphatic rings. The molecule has 0 spiro atoms. The summed E-state index contributed by atoms with van der Waals surface area (Å²) >= 11 is 1.68. The maximum atomic E-state index is 11.9. The number of esters is 1. The van der Waals surface area contributed by atoms with E-state index in [1.54, 1.807) is 11.3 Å². The van der Waals surface area contributed by atoms with Gasteiger partial charge in [-0.2, -0.15) is 0 Å². The second-order valence-electron chi connectivity index (χ2n) is 4.96. The van der Waals surface area contributed by atoms with Gasteiger partial charge in [0.2, 0.25) is 5.91 Å². The normalized spacial score (nSPS) is 14.1. The van der Waals surface area contributed by atoms with E-state index >= 15 is 0 Å². The number of H-pyrrole nitrogens is 1. The number of nitrogens with one attached hydrogen (secondary N) is 2. The summed E-state index contributed by atoms with van der Waals surface area (Å²) in [6.07, 6.45) is 4.43. The maximum absolute atomic E-state index is 11.9. The van der Waals surface area contributed by atoms with Crippen LogP contribution in [0.4, 0.5) is 5.69 Å². The van der Waals surface area contributed by atoms with Crippen LogP contribution in [0.25, 0.3) is 10.2 Å². The minimum absolute atomic E-state index is 0.188. The highest BCUT2D eigenvalue weighted by Gasteiger charge is 2.26. The molecule has 0 saturated heterocycles. The second-order valence-corrected chi connectivity index (χ2v) is 6.07. The Morgan fingerprint density at radius 2 is 2.05 bits per heavy atom. The number of hydrogen-bond acceptors (Lipinski definition) is 4. The number of fused-ring (bicyclic) bond motifs is 3. The molecule has 106 valence electrons. The van der Waals surface area contributed by atoms with Crippen molar-refractivity contribution in [3.63, 3.8) is 0 Å². The van der Waals surface area contributed by atoms with Crippen LogP contribution in [-0.2, 0) is 22.4 Å². The predicted molar refractivity (Wildman–Crippen MR) is 78.5 cm³/mol. The molecule has 5 nitrogen and oxygen atoms in total. The molecule has 0 unspecified atom stereocenters. The van der Waals surface area contributed by atoms with Crippen molar-refractivity contribution in [2.45, 2.75) is 32.6 Å². The molecule has 1 aliphatic carbocycles. The number of aryl methyl sites for hydroxylation is 2. The number of aromatic nitrogens is 1. The summed E-state index contributed by atoms with van der Waals surface area (Å²) < 4.78 is 4.78. The van der Waals surface area contributed by atoms with Gasteiger partial charge in [0, 0.05) is 17.2 Å². The first-order chi connectivity index (χ1) is 9.61. The number of ether oxygens (including phenoxy) is 1. The van der Waals surface area contributed by atoms with Gasteiger partial charge < -0.3 is 15.0 Å². The first-order valence-electron chi connectivity index (χ1n) is 6.64. The monoisotopic (exact) mass is 292 g/mol. The molecule has 20 heavy (non-hydrogen) atoms. The average molecular weight is 292 g/mol. The largest absolute Gasteiger partial charge is 0.464 e. The zero-order valence-corrected chi connectivity index (χ0v) is 12.3. The number of anilines is 1. The van der Waals surface area contributed by atoms with Gasteiger partial charge in [-0.15, -0.1) is 11.3 Å². The van der Waals surface area contributed by atoms with Crippen molar-refractivity contribution in [1.82, 2.24) is 4.98 Å². The molecule has 2 heterocycles. The van der Waals surface area contributed by atoms with E-state index in [4.69, 9.17) is 4.74 Å². The molecule has 0 aromatic carbocycles. The van der Waals surface area contributed by atoms with Crippen molar-refractivity contribution in [1.29, 1.82) is 0 Å². The van der Waals surface area contributed by atoms with E-state index in [9.17, 15) is 9.59 Å². The minimum atomic E-state index is -0.457. The van der Waals surface area contributed by atoms with Crippen molar-refractivity contribution in [2.75, 3.05) is 12.4 Å². The molecule has 0 saturated carbocycles. The van der Waals surface area contributed by atoms with E-state index in [2.05, 4.69) is 10.3 Å². The minimum Gasteiger partial charge on any atom is -0.464 e. The van der Waals surface area contributed by atoms with Crippen LogP contribution in [0.1, 0.15) is 40.7 Å². The van der Waals surface area contributed by atoms with Crippen molar-refractivity contribution >= 4 is 39.1 Å². The van der Waals surface area contributed by atoms with Gasteiger partial charge in [0.1, 0.15) is 4.83 Å². The van der Waals surface area contributed by atoms with E-state index in [1.807, 2.05) is 0 Å². The van der Waals surface area contributed by atoms with Crippen molar-refractivity contribution in [3.05, 3.63) is 16.1 Å². The van der Waals surface area contributed by atoms with E-state index in [1.165, 1.54) is 30.9 Å². The maximum Gasteiger partial charge on any atom is 0.356 e. The molecule has 1 amide bonds. The summed E-state index contributed by atoms with van der Waals surface area (Å²) in [7, 11) is 1.34. The summed E-state index contributed by atoms with van der Waals surface area (Å²) in [6.45, 7) is 1.44. The Kier molecular flexibility index (Phi) is 3.25. The molecule has 2 N–H and O–H groups in total. The van der Waals surface area contributed by atoms with Crippen LogP contribution >= 0.6 is 11.3 Å². The lowest BCUT2D eigenvalue weighted by Crippen LogP contribution is -2.12. The fourth-order valence-electron chi connectivity index (χ4n) is 2.78. The molecule has 2 aromatic heterocycles. The number of aromatic amines is 1. The van der Waals surface area contributed by atoms with Crippen molar-refractivity contribution in [2.24, 2.45) is 0 Å². The van der Waals surface area contributed by atoms with Crippen LogP contribution < -0.4 is 5.32 Å². The molecule has 0 bridgehead atoms. The van der Waals surface area contributed by atoms with Gasteiger partial charge in [-0.05, 0) is 31.2 Å². The van der Waals surface area contributed by atoms with Crippen LogP contribution in [0.5, 0.6) is 0 Å². The molecular weight excluding hydrogens is 276 g/mol. The van der Waals surface area contributed by atoms with Crippen LogP contribution in [0.3, 0.4) is 0 Å². The Hall–Kier alpha value is -1.82. The number of rotatable bonds is 2. The highest BCUT2D eigenvalue weighted by molar-refractivity contribution is 7.19. The number of amides is 1. The number of methoxy groups -OCH3 is 1. The SMILES string of the molecule is COC(=O)c1[nH]c2sc3c(c2c1NC(C)=O)CCCC3. The lowest BCUT2D eigenvalue weighted by atomic mass is 9.96. The van der Waals surface area contributed by atoms with E-state index in [0.29, 0.717) is 11.4 Å². The third-order valence-electron chi connectivity index (χ3n) is 3.60. The van der Waals surface area contributed by atoms with E-state index in [-0.39, 0.29) is 5.91 Å². The molecule has 0 atom stereocenters. The third-order valence-corrected chi connectivity index (χ3v) is 4.81. The molecule has 6 heteroatoms. The summed E-state index contributed by atoms with van der Waals surface area (Å²) in [4.78, 5) is 28.7. The van der Waals surface area contributed by atoms with Crippen LogP contribution in [0.15, 0.2) is 0 Å². The van der Waals surface area contributed by atoms with Gasteiger partial charge in [0.15, 0.2) is 5.69 Å². The Morgan fingerprint density at radius 1 is 1.30 bits per heavy atom. The second kappa shape index (κ2) is 4.94. The lowest BCUT2D eigenvalue weighted by molar-refractivity contribution is -0.114. The zero-order chi connectivity index (χ0) is 14.3. The number of hydrogen-bond donors (Lipinski definition) is 2. The Labute approximate surface area is 120 Å². The average Bonchev–Trinajstić information content (AvgIpc) is 2.94. The number of carbonyl (C=O) groups excluding carboxylic acids is 2. The summed E-state index contributed by atoms with van der Waals surface area (Å²) in [6, 6.07) is 0. The van der Waals surface area contributed by atoms with Crippen LogP contribution in [0.2, 0.25) is 0 Å². The first-order valence-corrected chi connectivity index (χ1v) is 7.45. The Bertz CT molecular complexity index is 699. The predicted octanol–water partition coefficient (Wildman–Crippen LogP) is 2.85. The number of carbonyl (C=O) groups is 2. The standard InChI is InChI=1S/C14H16N2O3S/c1-7(17)15-11-10-8-5-3-4-6-9(8)20-13(10)16-12(11)14(18)19-2/h16H,3-6H2,1-2H3,(H,15,17). The van der Waals surface area contributed by atoms with Gasteiger partial charge in [-0.3, -0.25) is 4.79 Å². The summed E-state index contributed by atoms with van der Waals surface area (Å²) in [5.41, 5.74) is 2.17. The smallest absolute Gasteiger partial charge is 0.356 e. The van der Waals surface area contributed by atoms with Crippen molar-refractivity contribution in [3.8, 4) is 0 Å². The highest BCUT2D eigenvalue weighted by Crippen LogP contribution is 2.41. The van der Waals surface area contributed by atoms with Gasteiger partial charge in [0.25, 0.3) is 0 Å². The zero-order valence-electron chi connectivity index (χ0n) is 11.5.